The molecule has 0 spiro atoms. The molecular formula is C14H10N4O2. The van der Waals surface area contributed by atoms with E-state index in [0.717, 1.165) is 5.39 Å². The molecular weight excluding hydrogens is 256 g/mol. The Morgan fingerprint density at radius 1 is 1.00 bits per heavy atom. The number of hydrogen-bond donors (Lipinski definition) is 1. The van der Waals surface area contributed by atoms with Gasteiger partial charge < -0.3 is 4.74 Å². The van der Waals surface area contributed by atoms with Crippen LogP contribution in [-0.4, -0.2) is 21.0 Å². The molecule has 1 amide bonds. The fourth-order valence-corrected chi connectivity index (χ4v) is 1.65. The van der Waals surface area contributed by atoms with Gasteiger partial charge in [0.25, 0.3) is 0 Å². The summed E-state index contributed by atoms with van der Waals surface area (Å²) in [6, 6.07) is 12.3. The second-order valence-electron chi connectivity index (χ2n) is 3.93. The molecule has 0 fully saturated rings. The van der Waals surface area contributed by atoms with Crippen molar-refractivity contribution >= 4 is 22.9 Å². The van der Waals surface area contributed by atoms with Gasteiger partial charge in [0.1, 0.15) is 5.82 Å². The first-order valence-electron chi connectivity index (χ1n) is 5.93. The van der Waals surface area contributed by atoms with Crippen molar-refractivity contribution < 1.29 is 9.53 Å². The molecule has 3 aromatic heterocycles. The van der Waals surface area contributed by atoms with E-state index in [1.807, 2.05) is 12.1 Å². The highest BCUT2D eigenvalue weighted by Crippen LogP contribution is 2.14. The zero-order chi connectivity index (χ0) is 13.8. The molecule has 3 rings (SSSR count). The third-order valence-corrected chi connectivity index (χ3v) is 2.53. The molecule has 3 aromatic rings. The summed E-state index contributed by atoms with van der Waals surface area (Å²) < 4.78 is 5.09. The van der Waals surface area contributed by atoms with Crippen LogP contribution in [-0.2, 0) is 0 Å². The molecule has 3 heterocycles. The van der Waals surface area contributed by atoms with Gasteiger partial charge >= 0.3 is 6.09 Å². The molecule has 0 aliphatic carbocycles. The molecule has 0 aromatic carbocycles. The molecule has 0 aliphatic rings. The van der Waals surface area contributed by atoms with Gasteiger partial charge in [-0.15, -0.1) is 0 Å². The summed E-state index contributed by atoms with van der Waals surface area (Å²) in [5.41, 5.74) is 0.524. The summed E-state index contributed by atoms with van der Waals surface area (Å²) in [6.07, 6.45) is 2.56. The number of aromatic nitrogens is 3. The summed E-state index contributed by atoms with van der Waals surface area (Å²) in [6.45, 7) is 0. The standard InChI is InChI=1S/C14H10N4O2/c19-14(17-11-5-1-2-8-15-11)20-12-7-6-10-4-3-9-16-13(10)18-12/h1-9H,(H,15,17,19). The maximum Gasteiger partial charge on any atom is 0.419 e. The van der Waals surface area contributed by atoms with Crippen LogP contribution in [0.5, 0.6) is 5.88 Å². The first-order chi connectivity index (χ1) is 9.81. The van der Waals surface area contributed by atoms with E-state index >= 15 is 0 Å². The summed E-state index contributed by atoms with van der Waals surface area (Å²) in [4.78, 5) is 23.9. The largest absolute Gasteiger partial charge is 0.419 e. The number of anilines is 1. The number of fused-ring (bicyclic) bond motifs is 1. The van der Waals surface area contributed by atoms with Gasteiger partial charge in [-0.25, -0.2) is 14.8 Å². The van der Waals surface area contributed by atoms with E-state index in [0.29, 0.717) is 11.5 Å². The summed E-state index contributed by atoms with van der Waals surface area (Å²) in [7, 11) is 0. The molecule has 6 heteroatoms. The predicted molar refractivity (Wildman–Crippen MR) is 73.4 cm³/mol. The van der Waals surface area contributed by atoms with Gasteiger partial charge in [0.15, 0.2) is 5.65 Å². The third-order valence-electron chi connectivity index (χ3n) is 2.53. The van der Waals surface area contributed by atoms with Crippen molar-refractivity contribution in [3.05, 3.63) is 54.9 Å². The van der Waals surface area contributed by atoms with Gasteiger partial charge in [0.2, 0.25) is 5.88 Å². The van der Waals surface area contributed by atoms with Crippen LogP contribution in [0, 0.1) is 0 Å². The van der Waals surface area contributed by atoms with Gasteiger partial charge in [-0.2, -0.15) is 4.98 Å². The molecule has 0 aliphatic heterocycles. The van der Waals surface area contributed by atoms with Crippen LogP contribution in [0.15, 0.2) is 54.9 Å². The Hall–Kier alpha value is -3.02. The van der Waals surface area contributed by atoms with Crippen LogP contribution in [0.4, 0.5) is 10.6 Å². The van der Waals surface area contributed by atoms with Gasteiger partial charge in [-0.05, 0) is 30.3 Å². The van der Waals surface area contributed by atoms with E-state index < -0.39 is 6.09 Å². The van der Waals surface area contributed by atoms with E-state index in [1.165, 1.54) is 0 Å². The smallest absolute Gasteiger partial charge is 0.391 e. The average Bonchev–Trinajstić information content (AvgIpc) is 2.48. The molecule has 20 heavy (non-hydrogen) atoms. The molecule has 0 radical (unpaired) electrons. The van der Waals surface area contributed by atoms with Crippen molar-refractivity contribution in [3.63, 3.8) is 0 Å². The first kappa shape index (κ1) is 12.0. The van der Waals surface area contributed by atoms with E-state index in [1.54, 1.807) is 42.7 Å². The quantitative estimate of drug-likeness (QED) is 0.771. The van der Waals surface area contributed by atoms with Crippen LogP contribution < -0.4 is 10.1 Å². The Kier molecular flexibility index (Phi) is 3.20. The SMILES string of the molecule is O=C(Nc1ccccn1)Oc1ccc2cccnc2n1. The topological polar surface area (TPSA) is 77.0 Å². The Morgan fingerprint density at radius 2 is 1.90 bits per heavy atom. The lowest BCUT2D eigenvalue weighted by molar-refractivity contribution is 0.213. The third kappa shape index (κ3) is 2.69. The highest BCUT2D eigenvalue weighted by Gasteiger charge is 2.07. The number of hydrogen-bond acceptors (Lipinski definition) is 5. The minimum absolute atomic E-state index is 0.185. The maximum absolute atomic E-state index is 11.7. The first-order valence-corrected chi connectivity index (χ1v) is 5.93. The predicted octanol–water partition coefficient (Wildman–Crippen LogP) is 2.64. The zero-order valence-corrected chi connectivity index (χ0v) is 10.4. The van der Waals surface area contributed by atoms with Crippen LogP contribution in [0.2, 0.25) is 0 Å². The van der Waals surface area contributed by atoms with E-state index in [-0.39, 0.29) is 5.88 Å². The van der Waals surface area contributed by atoms with E-state index in [4.69, 9.17) is 4.74 Å². The fourth-order valence-electron chi connectivity index (χ4n) is 1.65. The Balaban J connectivity index is 1.74. The van der Waals surface area contributed by atoms with Crippen molar-refractivity contribution in [2.24, 2.45) is 0 Å². The van der Waals surface area contributed by atoms with Crippen molar-refractivity contribution in [3.8, 4) is 5.88 Å². The highest BCUT2D eigenvalue weighted by molar-refractivity contribution is 5.85. The molecule has 6 nitrogen and oxygen atoms in total. The van der Waals surface area contributed by atoms with Gasteiger partial charge in [0.05, 0.1) is 0 Å². The number of amides is 1. The molecule has 0 bridgehead atoms. The number of nitrogens with zero attached hydrogens (tertiary/aromatic N) is 3. The van der Waals surface area contributed by atoms with Crippen molar-refractivity contribution in [2.45, 2.75) is 0 Å². The van der Waals surface area contributed by atoms with Gasteiger partial charge in [-0.1, -0.05) is 6.07 Å². The zero-order valence-electron chi connectivity index (χ0n) is 10.4. The lowest BCUT2D eigenvalue weighted by atomic mass is 10.3. The number of ether oxygens (including phenoxy) is 1. The summed E-state index contributed by atoms with van der Waals surface area (Å²) in [5.74, 6) is 0.598. The van der Waals surface area contributed by atoms with Crippen molar-refractivity contribution in [2.75, 3.05) is 5.32 Å². The summed E-state index contributed by atoms with van der Waals surface area (Å²) >= 11 is 0. The van der Waals surface area contributed by atoms with Crippen LogP contribution >= 0.6 is 0 Å². The number of carbonyl (C=O) groups is 1. The number of nitrogens with one attached hydrogen (secondary N) is 1. The minimum Gasteiger partial charge on any atom is -0.391 e. The lowest BCUT2D eigenvalue weighted by Gasteiger charge is -2.05. The van der Waals surface area contributed by atoms with Crippen LogP contribution in [0.1, 0.15) is 0 Å². The Bertz CT molecular complexity index is 746. The van der Waals surface area contributed by atoms with Gasteiger partial charge in [-0.3, -0.25) is 5.32 Å². The van der Waals surface area contributed by atoms with E-state index in [2.05, 4.69) is 20.3 Å². The lowest BCUT2D eigenvalue weighted by Crippen LogP contribution is -2.18. The summed E-state index contributed by atoms with van der Waals surface area (Å²) in [5, 5.41) is 3.39. The number of carbonyl (C=O) groups excluding carboxylic acids is 1. The molecule has 0 saturated heterocycles. The Labute approximate surface area is 114 Å². The average molecular weight is 266 g/mol. The fraction of sp³-hybridized carbons (Fsp3) is 0. The van der Waals surface area contributed by atoms with Crippen LogP contribution in [0.3, 0.4) is 0 Å². The van der Waals surface area contributed by atoms with Crippen molar-refractivity contribution in [1.82, 2.24) is 15.0 Å². The number of pyridine rings is 3. The minimum atomic E-state index is -0.647. The maximum atomic E-state index is 11.7. The highest BCUT2D eigenvalue weighted by atomic mass is 16.6. The second-order valence-corrected chi connectivity index (χ2v) is 3.93. The monoisotopic (exact) mass is 266 g/mol. The molecule has 0 atom stereocenters. The molecule has 98 valence electrons. The second kappa shape index (κ2) is 5.31. The van der Waals surface area contributed by atoms with E-state index in [9.17, 15) is 4.79 Å². The van der Waals surface area contributed by atoms with Crippen molar-refractivity contribution in [1.29, 1.82) is 0 Å². The molecule has 0 unspecified atom stereocenters. The molecule has 1 N–H and O–H groups in total. The molecule has 0 saturated carbocycles. The number of rotatable bonds is 2. The van der Waals surface area contributed by atoms with Gasteiger partial charge in [0, 0.05) is 23.8 Å². The van der Waals surface area contributed by atoms with Crippen LogP contribution in [0.25, 0.3) is 11.0 Å². The normalized spacial score (nSPS) is 10.2. The Morgan fingerprint density at radius 3 is 2.75 bits per heavy atom.